The van der Waals surface area contributed by atoms with Crippen molar-refractivity contribution in [2.24, 2.45) is 0 Å². The molecule has 0 unspecified atom stereocenters. The number of hydrogen-bond donors (Lipinski definition) is 1. The maximum absolute atomic E-state index is 12.1. The smallest absolute Gasteiger partial charge is 0.271 e. The molecule has 2 aromatic carbocycles. The highest BCUT2D eigenvalue weighted by Crippen LogP contribution is 2.17. The van der Waals surface area contributed by atoms with Crippen LogP contribution < -0.4 is 5.56 Å². The quantitative estimate of drug-likeness (QED) is 0.756. The Labute approximate surface area is 117 Å². The highest BCUT2D eigenvalue weighted by molar-refractivity contribution is 5.59. The van der Waals surface area contributed by atoms with Crippen LogP contribution in [0.15, 0.2) is 59.4 Å². The molecular formula is C17H16N2O. The predicted molar refractivity (Wildman–Crippen MR) is 81.3 cm³/mol. The van der Waals surface area contributed by atoms with Gasteiger partial charge in [-0.1, -0.05) is 42.0 Å². The van der Waals surface area contributed by atoms with Crippen molar-refractivity contribution >= 4 is 0 Å². The first-order valence-corrected chi connectivity index (χ1v) is 6.60. The zero-order valence-electron chi connectivity index (χ0n) is 11.6. The Morgan fingerprint density at radius 1 is 0.900 bits per heavy atom. The molecule has 0 aliphatic carbocycles. The molecule has 3 rings (SSSR count). The van der Waals surface area contributed by atoms with Crippen molar-refractivity contribution in [3.05, 3.63) is 76.1 Å². The molecule has 1 N–H and O–H groups in total. The molecule has 1 heterocycles. The molecule has 3 aromatic rings. The van der Waals surface area contributed by atoms with E-state index >= 15 is 0 Å². The Morgan fingerprint density at radius 3 is 2.35 bits per heavy atom. The Morgan fingerprint density at radius 2 is 1.65 bits per heavy atom. The average molecular weight is 264 g/mol. The molecule has 0 saturated heterocycles. The summed E-state index contributed by atoms with van der Waals surface area (Å²) in [5.74, 6) is 0. The number of rotatable bonds is 2. The van der Waals surface area contributed by atoms with Crippen molar-refractivity contribution in [1.29, 1.82) is 0 Å². The van der Waals surface area contributed by atoms with E-state index in [-0.39, 0.29) is 5.56 Å². The fourth-order valence-corrected chi connectivity index (χ4v) is 2.24. The van der Waals surface area contributed by atoms with Crippen molar-refractivity contribution in [2.45, 2.75) is 13.8 Å². The molecule has 0 spiro atoms. The van der Waals surface area contributed by atoms with E-state index in [0.29, 0.717) is 0 Å². The molecule has 0 amide bonds. The molecule has 0 atom stereocenters. The van der Waals surface area contributed by atoms with E-state index in [0.717, 1.165) is 22.5 Å². The second kappa shape index (κ2) is 4.85. The molecule has 0 radical (unpaired) electrons. The summed E-state index contributed by atoms with van der Waals surface area (Å²) in [6, 6.07) is 17.6. The number of benzene rings is 2. The normalized spacial score (nSPS) is 10.7. The lowest BCUT2D eigenvalue weighted by atomic mass is 10.1. The SMILES string of the molecule is Cc1ccc(-c2cc(=O)n(-c3cccc(C)c3)[nH]2)cc1. The third-order valence-electron chi connectivity index (χ3n) is 3.34. The van der Waals surface area contributed by atoms with Crippen LogP contribution in [-0.2, 0) is 0 Å². The zero-order valence-corrected chi connectivity index (χ0v) is 11.6. The molecule has 3 heteroatoms. The summed E-state index contributed by atoms with van der Waals surface area (Å²) in [6.07, 6.45) is 0. The van der Waals surface area contributed by atoms with Crippen LogP contribution >= 0.6 is 0 Å². The second-order valence-electron chi connectivity index (χ2n) is 5.05. The average Bonchev–Trinajstić information content (AvgIpc) is 2.82. The van der Waals surface area contributed by atoms with Crippen molar-refractivity contribution in [3.8, 4) is 16.9 Å². The van der Waals surface area contributed by atoms with Gasteiger partial charge in [0.1, 0.15) is 0 Å². The standard InChI is InChI=1S/C17H16N2O/c1-12-6-8-14(9-7-12)16-11-17(20)19(18-16)15-5-3-4-13(2)10-15/h3-11,18H,1-2H3. The van der Waals surface area contributed by atoms with E-state index in [1.807, 2.05) is 62.4 Å². The minimum atomic E-state index is -0.0498. The summed E-state index contributed by atoms with van der Waals surface area (Å²) in [4.78, 5) is 12.1. The first kappa shape index (κ1) is 12.5. The Hall–Kier alpha value is -2.55. The predicted octanol–water partition coefficient (Wildman–Crippen LogP) is 3.45. The summed E-state index contributed by atoms with van der Waals surface area (Å²) >= 11 is 0. The van der Waals surface area contributed by atoms with Gasteiger partial charge in [0.15, 0.2) is 0 Å². The van der Waals surface area contributed by atoms with E-state index < -0.39 is 0 Å². The Kier molecular flexibility index (Phi) is 3.03. The monoisotopic (exact) mass is 264 g/mol. The van der Waals surface area contributed by atoms with Gasteiger partial charge in [0, 0.05) is 6.07 Å². The van der Waals surface area contributed by atoms with Gasteiger partial charge in [0.05, 0.1) is 11.4 Å². The lowest BCUT2D eigenvalue weighted by molar-refractivity contribution is 0.851. The van der Waals surface area contributed by atoms with Gasteiger partial charge < -0.3 is 0 Å². The van der Waals surface area contributed by atoms with Gasteiger partial charge >= 0.3 is 0 Å². The first-order chi connectivity index (χ1) is 9.63. The first-order valence-electron chi connectivity index (χ1n) is 6.60. The summed E-state index contributed by atoms with van der Waals surface area (Å²) in [5.41, 5.74) is 4.98. The van der Waals surface area contributed by atoms with Crippen molar-refractivity contribution in [3.63, 3.8) is 0 Å². The molecule has 20 heavy (non-hydrogen) atoms. The van der Waals surface area contributed by atoms with E-state index in [2.05, 4.69) is 5.10 Å². The summed E-state index contributed by atoms with van der Waals surface area (Å²) in [6.45, 7) is 4.06. The maximum Gasteiger partial charge on any atom is 0.271 e. The summed E-state index contributed by atoms with van der Waals surface area (Å²) in [7, 11) is 0. The van der Waals surface area contributed by atoms with Crippen LogP contribution in [0.4, 0.5) is 0 Å². The molecule has 100 valence electrons. The molecule has 0 aliphatic heterocycles. The van der Waals surface area contributed by atoms with Gasteiger partial charge in [0.2, 0.25) is 0 Å². The highest BCUT2D eigenvalue weighted by Gasteiger charge is 2.06. The highest BCUT2D eigenvalue weighted by atomic mass is 16.1. The van der Waals surface area contributed by atoms with E-state index in [9.17, 15) is 4.79 Å². The van der Waals surface area contributed by atoms with Crippen LogP contribution in [0.5, 0.6) is 0 Å². The molecule has 0 aliphatic rings. The van der Waals surface area contributed by atoms with Crippen LogP contribution in [0.2, 0.25) is 0 Å². The van der Waals surface area contributed by atoms with E-state index in [1.54, 1.807) is 10.7 Å². The van der Waals surface area contributed by atoms with Gasteiger partial charge in [-0.2, -0.15) is 0 Å². The van der Waals surface area contributed by atoms with E-state index in [1.165, 1.54) is 5.56 Å². The largest absolute Gasteiger partial charge is 0.290 e. The molecule has 0 saturated carbocycles. The number of hydrogen-bond acceptors (Lipinski definition) is 1. The fraction of sp³-hybridized carbons (Fsp3) is 0.118. The summed E-state index contributed by atoms with van der Waals surface area (Å²) in [5, 5.41) is 3.16. The Bertz CT molecular complexity index is 794. The van der Waals surface area contributed by atoms with Crippen molar-refractivity contribution in [2.75, 3.05) is 0 Å². The van der Waals surface area contributed by atoms with Crippen LogP contribution in [0.1, 0.15) is 11.1 Å². The number of nitrogens with one attached hydrogen (secondary N) is 1. The molecular weight excluding hydrogens is 248 g/mol. The fourth-order valence-electron chi connectivity index (χ4n) is 2.24. The lowest BCUT2D eigenvalue weighted by Gasteiger charge is -2.03. The van der Waals surface area contributed by atoms with Crippen molar-refractivity contribution < 1.29 is 0 Å². The zero-order chi connectivity index (χ0) is 14.1. The minimum absolute atomic E-state index is 0.0498. The number of aromatic amines is 1. The summed E-state index contributed by atoms with van der Waals surface area (Å²) < 4.78 is 1.57. The number of nitrogens with zero attached hydrogens (tertiary/aromatic N) is 1. The molecule has 0 fully saturated rings. The van der Waals surface area contributed by atoms with Crippen LogP contribution in [0, 0.1) is 13.8 Å². The van der Waals surface area contributed by atoms with Gasteiger partial charge in [-0.15, -0.1) is 0 Å². The Balaban J connectivity index is 2.07. The van der Waals surface area contributed by atoms with Crippen LogP contribution in [0.25, 0.3) is 16.9 Å². The number of aryl methyl sites for hydroxylation is 2. The molecule has 3 nitrogen and oxygen atoms in total. The van der Waals surface area contributed by atoms with Gasteiger partial charge in [-0.25, -0.2) is 4.68 Å². The number of aromatic nitrogens is 2. The third-order valence-corrected chi connectivity index (χ3v) is 3.34. The maximum atomic E-state index is 12.1. The van der Waals surface area contributed by atoms with Crippen LogP contribution in [-0.4, -0.2) is 9.78 Å². The third kappa shape index (κ3) is 2.30. The minimum Gasteiger partial charge on any atom is -0.290 e. The second-order valence-corrected chi connectivity index (χ2v) is 5.05. The van der Waals surface area contributed by atoms with Gasteiger partial charge in [0.25, 0.3) is 5.56 Å². The molecule has 1 aromatic heterocycles. The lowest BCUT2D eigenvalue weighted by Crippen LogP contribution is -2.13. The van der Waals surface area contributed by atoms with Gasteiger partial charge in [-0.05, 0) is 37.1 Å². The van der Waals surface area contributed by atoms with Crippen LogP contribution in [0.3, 0.4) is 0 Å². The number of H-pyrrole nitrogens is 1. The van der Waals surface area contributed by atoms with Crippen molar-refractivity contribution in [1.82, 2.24) is 9.78 Å². The van der Waals surface area contributed by atoms with E-state index in [4.69, 9.17) is 0 Å². The topological polar surface area (TPSA) is 37.8 Å². The molecule has 0 bridgehead atoms. The van der Waals surface area contributed by atoms with Gasteiger partial charge in [-0.3, -0.25) is 9.89 Å².